The van der Waals surface area contributed by atoms with Crippen LogP contribution < -0.4 is 10.6 Å². The number of nitrogens with one attached hydrogen (secondary N) is 2. The third-order valence-corrected chi connectivity index (χ3v) is 3.83. The van der Waals surface area contributed by atoms with Gasteiger partial charge in [-0.1, -0.05) is 0 Å². The van der Waals surface area contributed by atoms with Crippen LogP contribution in [0.2, 0.25) is 0 Å². The molecule has 1 aromatic carbocycles. The van der Waals surface area contributed by atoms with Crippen molar-refractivity contribution < 1.29 is 32.4 Å². The fourth-order valence-corrected chi connectivity index (χ4v) is 2.31. The summed E-state index contributed by atoms with van der Waals surface area (Å²) in [6.45, 7) is 0.696. The van der Waals surface area contributed by atoms with Crippen molar-refractivity contribution in [2.24, 2.45) is 0 Å². The third kappa shape index (κ3) is 8.34. The Morgan fingerprint density at radius 2 is 1.97 bits per heavy atom. The van der Waals surface area contributed by atoms with Crippen molar-refractivity contribution in [3.8, 4) is 0 Å². The molecular formula is C17H23F3N4O5. The first kappa shape index (κ1) is 24.1. The molecule has 0 aliphatic rings. The van der Waals surface area contributed by atoms with Gasteiger partial charge in [-0.3, -0.25) is 19.7 Å². The number of nitrogens with zero attached hydrogens (tertiary/aromatic N) is 2. The van der Waals surface area contributed by atoms with Gasteiger partial charge in [0, 0.05) is 46.3 Å². The highest BCUT2D eigenvalue weighted by Crippen LogP contribution is 2.34. The van der Waals surface area contributed by atoms with Crippen LogP contribution in [0.1, 0.15) is 18.4 Å². The average Bonchev–Trinajstić information content (AvgIpc) is 2.64. The molecular weight excluding hydrogens is 397 g/mol. The van der Waals surface area contributed by atoms with Gasteiger partial charge in [-0.2, -0.15) is 13.2 Å². The second-order valence-electron chi connectivity index (χ2n) is 6.11. The Labute approximate surface area is 165 Å². The Hall–Kier alpha value is -2.89. The quantitative estimate of drug-likeness (QED) is 0.322. The van der Waals surface area contributed by atoms with Crippen molar-refractivity contribution in [1.82, 2.24) is 10.2 Å². The Kier molecular flexibility index (Phi) is 9.32. The molecule has 0 aromatic heterocycles. The molecule has 12 heteroatoms. The minimum atomic E-state index is -4.70. The van der Waals surface area contributed by atoms with Crippen molar-refractivity contribution in [3.05, 3.63) is 33.9 Å². The number of carbonyl (C=O) groups excluding carboxylic acids is 2. The number of halogens is 3. The lowest BCUT2D eigenvalue weighted by atomic mass is 10.1. The molecule has 1 rings (SSSR count). The number of carbonyl (C=O) groups is 2. The van der Waals surface area contributed by atoms with Crippen molar-refractivity contribution in [2.75, 3.05) is 45.7 Å². The number of nitro groups is 1. The monoisotopic (exact) mass is 420 g/mol. The average molecular weight is 420 g/mol. The smallest absolute Gasteiger partial charge is 0.385 e. The number of amides is 2. The van der Waals surface area contributed by atoms with E-state index in [2.05, 4.69) is 10.6 Å². The predicted octanol–water partition coefficient (Wildman–Crippen LogP) is 2.03. The minimum Gasteiger partial charge on any atom is -0.385 e. The molecule has 0 saturated heterocycles. The van der Waals surface area contributed by atoms with E-state index in [1.807, 2.05) is 0 Å². The summed E-state index contributed by atoms with van der Waals surface area (Å²) in [5, 5.41) is 16.2. The van der Waals surface area contributed by atoms with Gasteiger partial charge in [0.05, 0.1) is 17.0 Å². The number of methoxy groups -OCH3 is 1. The fraction of sp³-hybridized carbons (Fsp3) is 0.529. The van der Waals surface area contributed by atoms with Gasteiger partial charge in [0.15, 0.2) is 0 Å². The molecule has 0 atom stereocenters. The Morgan fingerprint density at radius 3 is 2.55 bits per heavy atom. The summed E-state index contributed by atoms with van der Waals surface area (Å²) in [5.41, 5.74) is -2.01. The molecule has 162 valence electrons. The van der Waals surface area contributed by atoms with E-state index in [1.165, 1.54) is 11.9 Å². The molecule has 29 heavy (non-hydrogen) atoms. The van der Waals surface area contributed by atoms with Crippen LogP contribution in [0.5, 0.6) is 0 Å². The molecule has 0 bridgehead atoms. The van der Waals surface area contributed by atoms with Crippen molar-refractivity contribution in [1.29, 1.82) is 0 Å². The second kappa shape index (κ2) is 11.2. The summed E-state index contributed by atoms with van der Waals surface area (Å²) < 4.78 is 42.9. The molecule has 0 spiro atoms. The molecule has 1 aromatic rings. The van der Waals surface area contributed by atoms with E-state index in [4.69, 9.17) is 4.74 Å². The molecule has 0 saturated carbocycles. The number of ether oxygens (including phenoxy) is 1. The van der Waals surface area contributed by atoms with Gasteiger partial charge in [0.25, 0.3) is 5.69 Å². The van der Waals surface area contributed by atoms with Crippen LogP contribution in [-0.2, 0) is 20.5 Å². The molecule has 0 aliphatic heterocycles. The predicted molar refractivity (Wildman–Crippen MR) is 98.3 cm³/mol. The third-order valence-electron chi connectivity index (χ3n) is 3.83. The van der Waals surface area contributed by atoms with Crippen LogP contribution in [-0.4, -0.2) is 62.0 Å². The van der Waals surface area contributed by atoms with Crippen LogP contribution in [0.4, 0.5) is 24.5 Å². The van der Waals surface area contributed by atoms with Crippen LogP contribution >= 0.6 is 0 Å². The first-order chi connectivity index (χ1) is 13.6. The highest BCUT2D eigenvalue weighted by molar-refractivity contribution is 5.84. The highest BCUT2D eigenvalue weighted by Gasteiger charge is 2.33. The normalized spacial score (nSPS) is 11.1. The van der Waals surface area contributed by atoms with E-state index in [0.717, 1.165) is 12.1 Å². The lowest BCUT2D eigenvalue weighted by Crippen LogP contribution is -2.39. The van der Waals surface area contributed by atoms with Gasteiger partial charge in [0.1, 0.15) is 5.69 Å². The number of anilines is 1. The number of likely N-dealkylation sites (N-methyl/N-ethyl adjacent to an activating group) is 1. The molecule has 0 radical (unpaired) electrons. The molecule has 2 amide bonds. The summed E-state index contributed by atoms with van der Waals surface area (Å²) >= 11 is 0. The summed E-state index contributed by atoms with van der Waals surface area (Å²) in [6.07, 6.45) is -4.17. The Bertz CT molecular complexity index is 728. The van der Waals surface area contributed by atoms with E-state index < -0.39 is 28.3 Å². The summed E-state index contributed by atoms with van der Waals surface area (Å²) in [4.78, 5) is 35.1. The maximum absolute atomic E-state index is 12.7. The first-order valence-electron chi connectivity index (χ1n) is 8.65. The number of hydrogen-bond donors (Lipinski definition) is 2. The zero-order valence-corrected chi connectivity index (χ0v) is 16.0. The molecule has 0 aliphatic carbocycles. The maximum atomic E-state index is 12.7. The van der Waals surface area contributed by atoms with E-state index in [-0.39, 0.29) is 31.1 Å². The molecule has 2 N–H and O–H groups in total. The lowest BCUT2D eigenvalue weighted by Gasteiger charge is -2.17. The van der Waals surface area contributed by atoms with E-state index in [9.17, 15) is 32.9 Å². The van der Waals surface area contributed by atoms with Crippen LogP contribution in [0, 0.1) is 10.1 Å². The lowest BCUT2D eigenvalue weighted by molar-refractivity contribution is -0.384. The maximum Gasteiger partial charge on any atom is 0.416 e. The zero-order chi connectivity index (χ0) is 22.0. The number of benzene rings is 1. The standard InChI is InChI=1S/C17H23F3N4O5/c1-23(11-15(25)22-7-3-9-29-2)16(26)6-8-21-13-5-4-12(17(18,19)20)10-14(13)24(27)28/h4-5,10,21H,3,6-9,11H2,1-2H3,(H,22,25). The molecule has 9 nitrogen and oxygen atoms in total. The van der Waals surface area contributed by atoms with E-state index in [1.54, 1.807) is 7.11 Å². The van der Waals surface area contributed by atoms with E-state index in [0.29, 0.717) is 25.6 Å². The van der Waals surface area contributed by atoms with Crippen molar-refractivity contribution >= 4 is 23.2 Å². The molecule has 0 unspecified atom stereocenters. The summed E-state index contributed by atoms with van der Waals surface area (Å²) in [6, 6.07) is 2.10. The van der Waals surface area contributed by atoms with Gasteiger partial charge in [-0.25, -0.2) is 0 Å². The first-order valence-corrected chi connectivity index (χ1v) is 8.65. The van der Waals surface area contributed by atoms with Gasteiger partial charge < -0.3 is 20.3 Å². The van der Waals surface area contributed by atoms with Crippen molar-refractivity contribution in [3.63, 3.8) is 0 Å². The molecule has 0 fully saturated rings. The minimum absolute atomic E-state index is 0.0508. The number of rotatable bonds is 11. The Morgan fingerprint density at radius 1 is 1.28 bits per heavy atom. The van der Waals surface area contributed by atoms with Crippen LogP contribution in [0.3, 0.4) is 0 Å². The van der Waals surface area contributed by atoms with Gasteiger partial charge in [-0.15, -0.1) is 0 Å². The molecule has 0 heterocycles. The van der Waals surface area contributed by atoms with Gasteiger partial charge >= 0.3 is 6.18 Å². The fourth-order valence-electron chi connectivity index (χ4n) is 2.31. The second-order valence-corrected chi connectivity index (χ2v) is 6.11. The van der Waals surface area contributed by atoms with Crippen LogP contribution in [0.15, 0.2) is 18.2 Å². The highest BCUT2D eigenvalue weighted by atomic mass is 19.4. The number of alkyl halides is 3. The summed E-state index contributed by atoms with van der Waals surface area (Å²) in [5.74, 6) is -0.748. The summed E-state index contributed by atoms with van der Waals surface area (Å²) in [7, 11) is 2.97. The topological polar surface area (TPSA) is 114 Å². The number of hydrogen-bond acceptors (Lipinski definition) is 6. The van der Waals surface area contributed by atoms with Gasteiger partial charge in [0.2, 0.25) is 11.8 Å². The Balaban J connectivity index is 2.54. The number of nitro benzene ring substituents is 1. The van der Waals surface area contributed by atoms with Crippen molar-refractivity contribution in [2.45, 2.75) is 19.0 Å². The van der Waals surface area contributed by atoms with Gasteiger partial charge in [-0.05, 0) is 18.6 Å². The SMILES string of the molecule is COCCCNC(=O)CN(C)C(=O)CCNc1ccc(C(F)(F)F)cc1[N+](=O)[O-]. The zero-order valence-electron chi connectivity index (χ0n) is 16.0. The van der Waals surface area contributed by atoms with Crippen LogP contribution in [0.25, 0.3) is 0 Å². The van der Waals surface area contributed by atoms with E-state index >= 15 is 0 Å². The largest absolute Gasteiger partial charge is 0.416 e.